The fraction of sp³-hybridized carbons (Fsp3) is 0.400. The Bertz CT molecular complexity index is 501. The Labute approximate surface area is 104 Å². The lowest BCUT2D eigenvalue weighted by Gasteiger charge is -2.06. The first-order valence-corrected chi connectivity index (χ1v) is 5.78. The van der Waals surface area contributed by atoms with E-state index in [1.165, 1.54) is 0 Å². The molecule has 0 saturated carbocycles. The van der Waals surface area contributed by atoms with Gasteiger partial charge in [-0.2, -0.15) is 5.10 Å². The van der Waals surface area contributed by atoms with Crippen molar-refractivity contribution in [1.82, 2.24) is 19.3 Å². The number of hydrogen-bond donors (Lipinski definition) is 0. The lowest BCUT2D eigenvalue weighted by molar-refractivity contribution is 0.651. The van der Waals surface area contributed by atoms with Crippen molar-refractivity contribution >= 4 is 23.2 Å². The summed E-state index contributed by atoms with van der Waals surface area (Å²) in [6, 6.07) is 0. The van der Waals surface area contributed by atoms with Gasteiger partial charge < -0.3 is 4.57 Å². The molecule has 0 N–H and O–H groups in total. The van der Waals surface area contributed by atoms with E-state index in [2.05, 4.69) is 10.1 Å². The summed E-state index contributed by atoms with van der Waals surface area (Å²) in [4.78, 5) is 4.16. The summed E-state index contributed by atoms with van der Waals surface area (Å²) < 4.78 is 3.75. The molecular formula is C10H12Cl2N4. The smallest absolute Gasteiger partial charge is 0.123 e. The quantitative estimate of drug-likeness (QED) is 0.793. The fourth-order valence-electron chi connectivity index (χ4n) is 1.63. The molecule has 0 aliphatic rings. The predicted octanol–water partition coefficient (Wildman–Crippen LogP) is 2.37. The van der Waals surface area contributed by atoms with Crippen LogP contribution >= 0.6 is 23.2 Å². The molecule has 0 spiro atoms. The highest BCUT2D eigenvalue weighted by molar-refractivity contribution is 6.31. The summed E-state index contributed by atoms with van der Waals surface area (Å²) in [5.74, 6) is 1.22. The van der Waals surface area contributed by atoms with Gasteiger partial charge in [0.2, 0.25) is 0 Å². The molecule has 0 saturated heterocycles. The van der Waals surface area contributed by atoms with Gasteiger partial charge in [0.15, 0.2) is 0 Å². The molecule has 0 radical (unpaired) electrons. The maximum Gasteiger partial charge on any atom is 0.123 e. The first kappa shape index (κ1) is 11.5. The maximum absolute atomic E-state index is 6.18. The highest BCUT2D eigenvalue weighted by Crippen LogP contribution is 2.20. The Hall–Kier alpha value is -1.00. The normalized spacial score (nSPS) is 11.0. The highest BCUT2D eigenvalue weighted by atomic mass is 35.5. The van der Waals surface area contributed by atoms with Crippen molar-refractivity contribution in [3.63, 3.8) is 0 Å². The van der Waals surface area contributed by atoms with Crippen molar-refractivity contribution in [2.75, 3.05) is 0 Å². The van der Waals surface area contributed by atoms with Crippen LogP contribution < -0.4 is 0 Å². The van der Waals surface area contributed by atoms with Crippen LogP contribution in [0.15, 0.2) is 12.4 Å². The third kappa shape index (κ3) is 1.95. The molecule has 0 aliphatic heterocycles. The Kier molecular flexibility index (Phi) is 3.21. The van der Waals surface area contributed by atoms with Crippen LogP contribution in [0.1, 0.15) is 17.2 Å². The predicted molar refractivity (Wildman–Crippen MR) is 63.8 cm³/mol. The molecule has 2 heterocycles. The Morgan fingerprint density at radius 3 is 2.75 bits per heavy atom. The van der Waals surface area contributed by atoms with Crippen LogP contribution in [-0.2, 0) is 19.5 Å². The van der Waals surface area contributed by atoms with Crippen LogP contribution in [-0.4, -0.2) is 19.3 Å². The van der Waals surface area contributed by atoms with Crippen molar-refractivity contribution < 1.29 is 0 Å². The van der Waals surface area contributed by atoms with E-state index in [1.54, 1.807) is 10.9 Å². The molecule has 0 unspecified atom stereocenters. The van der Waals surface area contributed by atoms with E-state index in [9.17, 15) is 0 Å². The van der Waals surface area contributed by atoms with Gasteiger partial charge in [0.1, 0.15) is 5.82 Å². The largest absolute Gasteiger partial charge is 0.328 e. The minimum absolute atomic E-state index is 0.390. The van der Waals surface area contributed by atoms with Gasteiger partial charge in [-0.3, -0.25) is 4.68 Å². The lowest BCUT2D eigenvalue weighted by atomic mass is 10.3. The molecule has 2 rings (SSSR count). The Balaban J connectivity index is 2.34. The van der Waals surface area contributed by atoms with E-state index in [1.807, 2.05) is 24.7 Å². The Morgan fingerprint density at radius 2 is 2.19 bits per heavy atom. The molecule has 6 heteroatoms. The summed E-state index contributed by atoms with van der Waals surface area (Å²) in [5.41, 5.74) is 1.80. The average Bonchev–Trinajstić information content (AvgIpc) is 2.79. The number of aromatic nitrogens is 4. The van der Waals surface area contributed by atoms with E-state index < -0.39 is 0 Å². The van der Waals surface area contributed by atoms with Crippen LogP contribution in [0.25, 0.3) is 0 Å². The number of halogens is 2. The van der Waals surface area contributed by atoms with Gasteiger partial charge in [-0.25, -0.2) is 4.98 Å². The number of nitrogens with zero attached hydrogens (tertiary/aromatic N) is 4. The van der Waals surface area contributed by atoms with Gasteiger partial charge in [0.05, 0.1) is 28.8 Å². The number of hydrogen-bond acceptors (Lipinski definition) is 2. The van der Waals surface area contributed by atoms with Crippen LogP contribution in [0, 0.1) is 6.92 Å². The van der Waals surface area contributed by atoms with E-state index in [0.29, 0.717) is 17.4 Å². The first-order valence-electron chi connectivity index (χ1n) is 4.87. The van der Waals surface area contributed by atoms with E-state index in [0.717, 1.165) is 17.2 Å². The summed E-state index contributed by atoms with van der Waals surface area (Å²) >= 11 is 12.0. The monoisotopic (exact) mass is 258 g/mol. The van der Waals surface area contributed by atoms with Crippen LogP contribution in [0.3, 0.4) is 0 Å². The zero-order valence-corrected chi connectivity index (χ0v) is 10.6. The minimum Gasteiger partial charge on any atom is -0.328 e. The first-order chi connectivity index (χ1) is 7.63. The van der Waals surface area contributed by atoms with E-state index in [-0.39, 0.29) is 0 Å². The molecular weight excluding hydrogens is 247 g/mol. The standard InChI is InChI=1S/C10H12Cl2N4/c1-7-10(12)8(15(2)14-7)6-16-4-3-13-9(16)5-11/h3-4H,5-6H2,1-2H3. The van der Waals surface area contributed by atoms with Crippen molar-refractivity contribution in [3.05, 3.63) is 34.6 Å². The molecule has 0 aromatic carbocycles. The van der Waals surface area contributed by atoms with Crippen molar-refractivity contribution in [2.24, 2.45) is 7.05 Å². The zero-order chi connectivity index (χ0) is 11.7. The third-order valence-electron chi connectivity index (χ3n) is 2.50. The molecule has 0 amide bonds. The van der Waals surface area contributed by atoms with Gasteiger partial charge in [0.25, 0.3) is 0 Å². The van der Waals surface area contributed by atoms with Gasteiger partial charge >= 0.3 is 0 Å². The van der Waals surface area contributed by atoms with E-state index >= 15 is 0 Å². The number of alkyl halides is 1. The Morgan fingerprint density at radius 1 is 1.44 bits per heavy atom. The second kappa shape index (κ2) is 4.47. The molecule has 86 valence electrons. The van der Waals surface area contributed by atoms with Crippen LogP contribution in [0.5, 0.6) is 0 Å². The molecule has 0 bridgehead atoms. The minimum atomic E-state index is 0.390. The molecule has 0 atom stereocenters. The molecule has 0 fully saturated rings. The van der Waals surface area contributed by atoms with Gasteiger partial charge in [-0.05, 0) is 6.92 Å². The van der Waals surface area contributed by atoms with Gasteiger partial charge in [-0.15, -0.1) is 11.6 Å². The lowest BCUT2D eigenvalue weighted by Crippen LogP contribution is -2.07. The third-order valence-corrected chi connectivity index (χ3v) is 3.23. The maximum atomic E-state index is 6.18. The second-order valence-electron chi connectivity index (χ2n) is 3.57. The van der Waals surface area contributed by atoms with Crippen molar-refractivity contribution in [2.45, 2.75) is 19.3 Å². The number of imidazole rings is 1. The SMILES string of the molecule is Cc1nn(C)c(Cn2ccnc2CCl)c1Cl. The van der Waals surface area contributed by atoms with Crippen LogP contribution in [0.2, 0.25) is 5.02 Å². The van der Waals surface area contributed by atoms with E-state index in [4.69, 9.17) is 23.2 Å². The fourth-order valence-corrected chi connectivity index (χ4v) is 2.07. The molecule has 16 heavy (non-hydrogen) atoms. The molecule has 2 aromatic rings. The summed E-state index contributed by atoms with van der Waals surface area (Å²) in [6.07, 6.45) is 3.62. The highest BCUT2D eigenvalue weighted by Gasteiger charge is 2.12. The summed E-state index contributed by atoms with van der Waals surface area (Å²) in [7, 11) is 1.88. The molecule has 0 aliphatic carbocycles. The summed E-state index contributed by atoms with van der Waals surface area (Å²) in [6.45, 7) is 2.53. The average molecular weight is 259 g/mol. The van der Waals surface area contributed by atoms with Gasteiger partial charge in [0, 0.05) is 19.4 Å². The summed E-state index contributed by atoms with van der Waals surface area (Å²) in [5, 5.41) is 4.97. The van der Waals surface area contributed by atoms with Gasteiger partial charge in [-0.1, -0.05) is 11.6 Å². The van der Waals surface area contributed by atoms with Crippen molar-refractivity contribution in [3.8, 4) is 0 Å². The number of aryl methyl sites for hydroxylation is 2. The topological polar surface area (TPSA) is 35.6 Å². The molecule has 2 aromatic heterocycles. The second-order valence-corrected chi connectivity index (χ2v) is 4.22. The molecule has 4 nitrogen and oxygen atoms in total. The van der Waals surface area contributed by atoms with Crippen LogP contribution in [0.4, 0.5) is 0 Å². The zero-order valence-electron chi connectivity index (χ0n) is 9.11. The van der Waals surface area contributed by atoms with Crippen molar-refractivity contribution in [1.29, 1.82) is 0 Å². The number of rotatable bonds is 3.